The Kier molecular flexibility index (Phi) is 5.40. The fraction of sp³-hybridized carbons (Fsp3) is 0.400. The minimum atomic E-state index is -0.591. The van der Waals surface area contributed by atoms with Crippen molar-refractivity contribution in [1.29, 1.82) is 0 Å². The molecule has 0 saturated carbocycles. The van der Waals surface area contributed by atoms with Gasteiger partial charge in [0.15, 0.2) is 0 Å². The first kappa shape index (κ1) is 20.4. The number of carbonyl (C=O) groups is 1. The second kappa shape index (κ2) is 8.21. The molecule has 0 bridgehead atoms. The van der Waals surface area contributed by atoms with E-state index in [9.17, 15) is 4.79 Å². The molecule has 2 heterocycles. The van der Waals surface area contributed by atoms with Gasteiger partial charge in [0.1, 0.15) is 5.75 Å². The van der Waals surface area contributed by atoms with Crippen molar-refractivity contribution in [2.45, 2.75) is 43.6 Å². The van der Waals surface area contributed by atoms with E-state index in [1.54, 1.807) is 7.11 Å². The number of methoxy groups -OCH3 is 1. The van der Waals surface area contributed by atoms with Crippen molar-refractivity contribution >= 4 is 28.4 Å². The number of carbonyl (C=O) groups excluding carboxylic acids is 1. The third-order valence-corrected chi connectivity index (χ3v) is 7.24. The molecule has 2 aliphatic rings. The normalized spacial score (nSPS) is 20.3. The maximum Gasteiger partial charge on any atom is 0.231 e. The Bertz CT molecular complexity index is 1100. The first-order chi connectivity index (χ1) is 15.1. The van der Waals surface area contributed by atoms with Gasteiger partial charge in [-0.15, -0.1) is 0 Å². The highest BCUT2D eigenvalue weighted by Crippen LogP contribution is 2.40. The summed E-state index contributed by atoms with van der Waals surface area (Å²) in [6, 6.07) is 13.8. The lowest BCUT2D eigenvalue weighted by molar-refractivity contribution is -0.131. The Morgan fingerprint density at radius 3 is 2.71 bits per heavy atom. The number of nitrogens with one attached hydrogen (secondary N) is 2. The predicted molar refractivity (Wildman–Crippen MR) is 122 cm³/mol. The molecule has 1 aromatic heterocycles. The van der Waals surface area contributed by atoms with Crippen LogP contribution in [0.3, 0.4) is 0 Å². The number of ether oxygens (including phenoxy) is 2. The maximum atomic E-state index is 13.8. The van der Waals surface area contributed by atoms with Crippen LogP contribution in [-0.2, 0) is 21.4 Å². The number of para-hydroxylation sites is 1. The molecule has 31 heavy (non-hydrogen) atoms. The quantitative estimate of drug-likeness (QED) is 0.597. The van der Waals surface area contributed by atoms with Crippen LogP contribution < -0.4 is 10.1 Å². The minimum Gasteiger partial charge on any atom is -0.497 e. The minimum absolute atomic E-state index is 0.0438. The smallest absolute Gasteiger partial charge is 0.231 e. The zero-order chi connectivity index (χ0) is 21.4. The highest BCUT2D eigenvalue weighted by Gasteiger charge is 2.43. The second-order valence-electron chi connectivity index (χ2n) is 8.52. The Balaban J connectivity index is 1.48. The lowest BCUT2D eigenvalue weighted by Gasteiger charge is -2.38. The number of fused-ring (bicyclic) bond motifs is 3. The van der Waals surface area contributed by atoms with Crippen molar-refractivity contribution < 1.29 is 14.3 Å². The van der Waals surface area contributed by atoms with Gasteiger partial charge in [0.2, 0.25) is 5.91 Å². The van der Waals surface area contributed by atoms with Gasteiger partial charge < -0.3 is 19.8 Å². The molecule has 2 N–H and O–H groups in total. The van der Waals surface area contributed by atoms with Gasteiger partial charge in [0.05, 0.1) is 29.1 Å². The molecule has 0 spiro atoms. The first-order valence-corrected chi connectivity index (χ1v) is 11.3. The number of aromatic nitrogens is 1. The van der Waals surface area contributed by atoms with Crippen molar-refractivity contribution in [2.24, 2.45) is 0 Å². The van der Waals surface area contributed by atoms with E-state index in [1.807, 2.05) is 36.4 Å². The van der Waals surface area contributed by atoms with Crippen LogP contribution in [0.5, 0.6) is 5.75 Å². The van der Waals surface area contributed by atoms with Gasteiger partial charge >= 0.3 is 0 Å². The zero-order valence-corrected chi connectivity index (χ0v) is 18.4. The SMILES string of the molecule is COc1ccc(C2(C(=O)N[C@@H]3CCCc4c3[nH]c3c(Cl)cccc43)CCOCC2)cc1. The molecule has 5 rings (SSSR count). The Hall–Kier alpha value is -2.50. The number of aromatic amines is 1. The summed E-state index contributed by atoms with van der Waals surface area (Å²) in [4.78, 5) is 17.3. The largest absolute Gasteiger partial charge is 0.497 e. The number of rotatable bonds is 4. The van der Waals surface area contributed by atoms with Gasteiger partial charge in [0, 0.05) is 24.3 Å². The summed E-state index contributed by atoms with van der Waals surface area (Å²) >= 11 is 6.44. The number of H-pyrrole nitrogens is 1. The van der Waals surface area contributed by atoms with E-state index < -0.39 is 5.41 Å². The van der Waals surface area contributed by atoms with E-state index in [0.717, 1.165) is 52.2 Å². The van der Waals surface area contributed by atoms with Gasteiger partial charge in [-0.3, -0.25) is 4.79 Å². The van der Waals surface area contributed by atoms with Gasteiger partial charge in [-0.2, -0.15) is 0 Å². The molecule has 5 nitrogen and oxygen atoms in total. The highest BCUT2D eigenvalue weighted by atomic mass is 35.5. The van der Waals surface area contributed by atoms with Gasteiger partial charge in [0.25, 0.3) is 0 Å². The van der Waals surface area contributed by atoms with Crippen LogP contribution in [0.1, 0.15) is 48.5 Å². The molecule has 1 aliphatic heterocycles. The van der Waals surface area contributed by atoms with E-state index in [4.69, 9.17) is 21.1 Å². The molecule has 0 radical (unpaired) electrons. The molecular weight excluding hydrogens is 412 g/mol. The molecule has 0 unspecified atom stereocenters. The standard InChI is InChI=1S/C25H27ClN2O3/c1-30-17-10-8-16(9-11-17)25(12-14-31-15-13-25)24(29)27-21-7-3-5-19-18-4-2-6-20(26)22(18)28-23(19)21/h2,4,6,8-11,21,28H,3,5,7,12-15H2,1H3,(H,27,29)/t21-/m1/s1. The Labute approximate surface area is 187 Å². The molecule has 1 aliphatic carbocycles. The van der Waals surface area contributed by atoms with Crippen molar-refractivity contribution in [3.63, 3.8) is 0 Å². The summed E-state index contributed by atoms with van der Waals surface area (Å²) in [7, 11) is 1.65. The van der Waals surface area contributed by atoms with Crippen LogP contribution in [0.2, 0.25) is 5.02 Å². The second-order valence-corrected chi connectivity index (χ2v) is 8.93. The van der Waals surface area contributed by atoms with Gasteiger partial charge in [-0.05, 0) is 61.4 Å². The van der Waals surface area contributed by atoms with Crippen LogP contribution in [0, 0.1) is 0 Å². The summed E-state index contributed by atoms with van der Waals surface area (Å²) in [6.07, 6.45) is 4.29. The topological polar surface area (TPSA) is 63.3 Å². The number of benzene rings is 2. The number of hydrogen-bond acceptors (Lipinski definition) is 3. The Morgan fingerprint density at radius 2 is 1.97 bits per heavy atom. The van der Waals surface area contributed by atoms with Crippen molar-refractivity contribution in [2.75, 3.05) is 20.3 Å². The third kappa shape index (κ3) is 3.50. The van der Waals surface area contributed by atoms with Crippen LogP contribution in [-0.4, -0.2) is 31.2 Å². The summed E-state index contributed by atoms with van der Waals surface area (Å²) in [5.41, 5.74) is 3.77. The van der Waals surface area contributed by atoms with Crippen LogP contribution in [0.15, 0.2) is 42.5 Å². The van der Waals surface area contributed by atoms with Crippen molar-refractivity contribution in [3.8, 4) is 5.75 Å². The van der Waals surface area contributed by atoms with Crippen LogP contribution in [0.25, 0.3) is 10.9 Å². The third-order valence-electron chi connectivity index (χ3n) is 6.92. The summed E-state index contributed by atoms with van der Waals surface area (Å²) in [6.45, 7) is 1.16. The zero-order valence-electron chi connectivity index (χ0n) is 17.7. The first-order valence-electron chi connectivity index (χ1n) is 10.9. The fourth-order valence-corrected chi connectivity index (χ4v) is 5.39. The molecule has 1 saturated heterocycles. The van der Waals surface area contributed by atoms with Crippen molar-refractivity contribution in [1.82, 2.24) is 10.3 Å². The van der Waals surface area contributed by atoms with Crippen LogP contribution >= 0.6 is 11.6 Å². The fourth-order valence-electron chi connectivity index (χ4n) is 5.17. The predicted octanol–water partition coefficient (Wildman–Crippen LogP) is 5.07. The number of amides is 1. The lowest BCUT2D eigenvalue weighted by atomic mass is 9.73. The summed E-state index contributed by atoms with van der Waals surface area (Å²) < 4.78 is 10.9. The van der Waals surface area contributed by atoms with E-state index in [1.165, 1.54) is 5.56 Å². The average Bonchev–Trinajstić information content (AvgIpc) is 3.21. The molecule has 6 heteroatoms. The molecule has 1 amide bonds. The summed E-state index contributed by atoms with van der Waals surface area (Å²) in [5.74, 6) is 0.863. The molecule has 1 fully saturated rings. The molecule has 162 valence electrons. The number of aryl methyl sites for hydroxylation is 1. The van der Waals surface area contributed by atoms with Gasteiger partial charge in [-0.25, -0.2) is 0 Å². The highest BCUT2D eigenvalue weighted by molar-refractivity contribution is 6.35. The molecular formula is C25H27ClN2O3. The number of halogens is 1. The monoisotopic (exact) mass is 438 g/mol. The van der Waals surface area contributed by atoms with E-state index in [0.29, 0.717) is 26.1 Å². The molecule has 1 atom stereocenters. The molecule has 3 aromatic rings. The van der Waals surface area contributed by atoms with E-state index in [-0.39, 0.29) is 11.9 Å². The summed E-state index contributed by atoms with van der Waals surface area (Å²) in [5, 5.41) is 5.28. The van der Waals surface area contributed by atoms with E-state index >= 15 is 0 Å². The van der Waals surface area contributed by atoms with E-state index in [2.05, 4.69) is 16.4 Å². The maximum absolute atomic E-state index is 13.8. The van der Waals surface area contributed by atoms with Gasteiger partial charge in [-0.1, -0.05) is 35.9 Å². The number of hydrogen-bond donors (Lipinski definition) is 2. The average molecular weight is 439 g/mol. The van der Waals surface area contributed by atoms with Crippen LogP contribution in [0.4, 0.5) is 0 Å². The van der Waals surface area contributed by atoms with Crippen molar-refractivity contribution in [3.05, 3.63) is 64.3 Å². The Morgan fingerprint density at radius 1 is 1.19 bits per heavy atom. The lowest BCUT2D eigenvalue weighted by Crippen LogP contribution is -2.49. The molecule has 2 aromatic carbocycles.